The summed E-state index contributed by atoms with van der Waals surface area (Å²) in [6.07, 6.45) is 4.36. The van der Waals surface area contributed by atoms with Crippen LogP contribution in [0.25, 0.3) is 0 Å². The predicted octanol–water partition coefficient (Wildman–Crippen LogP) is 1.64. The zero-order chi connectivity index (χ0) is 19.4. The molecule has 0 unspecified atom stereocenters. The molecule has 0 atom stereocenters. The minimum atomic E-state index is -0.468. The highest BCUT2D eigenvalue weighted by Gasteiger charge is 2.41. The van der Waals surface area contributed by atoms with Crippen LogP contribution in [0, 0.1) is 12.3 Å². The normalized spacial score (nSPS) is 19.4. The van der Waals surface area contributed by atoms with Crippen LogP contribution in [0.1, 0.15) is 43.2 Å². The van der Waals surface area contributed by atoms with E-state index in [1.807, 2.05) is 4.90 Å². The van der Waals surface area contributed by atoms with Gasteiger partial charge in [-0.3, -0.25) is 14.4 Å². The molecule has 2 saturated heterocycles. The Bertz CT molecular complexity index is 706. The third-order valence-electron chi connectivity index (χ3n) is 6.02. The molecule has 1 aromatic rings. The first-order valence-electron chi connectivity index (χ1n) is 9.76. The Morgan fingerprint density at radius 3 is 2.41 bits per heavy atom. The van der Waals surface area contributed by atoms with E-state index in [1.54, 1.807) is 4.90 Å². The van der Waals surface area contributed by atoms with E-state index in [0.717, 1.165) is 38.8 Å². The molecule has 2 N–H and O–H groups in total. The highest BCUT2D eigenvalue weighted by molar-refractivity contribution is 5.84. The summed E-state index contributed by atoms with van der Waals surface area (Å²) in [6.45, 7) is 4.10. The second-order valence-electron chi connectivity index (χ2n) is 8.08. The van der Waals surface area contributed by atoms with Gasteiger partial charge in [0.15, 0.2) is 0 Å². The average molecular weight is 371 g/mol. The van der Waals surface area contributed by atoms with E-state index < -0.39 is 5.91 Å². The first kappa shape index (κ1) is 19.4. The minimum Gasteiger partial charge on any atom is -0.368 e. The molecule has 3 amide bonds. The van der Waals surface area contributed by atoms with Crippen molar-refractivity contribution in [3.8, 4) is 0 Å². The maximum atomic E-state index is 12.6. The molecule has 1 aromatic carbocycles. The van der Waals surface area contributed by atoms with Gasteiger partial charge in [-0.1, -0.05) is 29.8 Å². The van der Waals surface area contributed by atoms with Crippen molar-refractivity contribution >= 4 is 17.7 Å². The number of likely N-dealkylation sites (tertiary alicyclic amines) is 2. The van der Waals surface area contributed by atoms with Crippen molar-refractivity contribution in [3.63, 3.8) is 0 Å². The van der Waals surface area contributed by atoms with Crippen LogP contribution < -0.4 is 5.73 Å². The highest BCUT2D eigenvalue weighted by atomic mass is 16.2. The number of benzene rings is 1. The number of rotatable bonds is 5. The summed E-state index contributed by atoms with van der Waals surface area (Å²) in [5.74, 6) is -0.258. The summed E-state index contributed by atoms with van der Waals surface area (Å²) in [6, 6.07) is 8.32. The molecular formula is C21H29N3O3. The van der Waals surface area contributed by atoms with Crippen molar-refractivity contribution in [2.24, 2.45) is 11.1 Å². The van der Waals surface area contributed by atoms with Crippen LogP contribution in [0.4, 0.5) is 0 Å². The standard InChI is InChI=1S/C21H29N3O3/c1-16-2-4-17(5-3-16)6-7-19(26)23-12-10-21(11-13-23)9-8-20(27)24(15-21)14-18(22)25/h2-5H,6-15H2,1H3,(H2,22,25). The van der Waals surface area contributed by atoms with Crippen molar-refractivity contribution in [2.75, 3.05) is 26.2 Å². The summed E-state index contributed by atoms with van der Waals surface area (Å²) in [4.78, 5) is 39.4. The molecule has 2 aliphatic rings. The molecule has 27 heavy (non-hydrogen) atoms. The van der Waals surface area contributed by atoms with Crippen molar-refractivity contribution in [1.82, 2.24) is 9.80 Å². The summed E-state index contributed by atoms with van der Waals surface area (Å²) in [5, 5.41) is 0. The summed E-state index contributed by atoms with van der Waals surface area (Å²) in [7, 11) is 0. The second kappa shape index (κ2) is 8.11. The summed E-state index contributed by atoms with van der Waals surface area (Å²) >= 11 is 0. The fourth-order valence-corrected chi connectivity index (χ4v) is 4.24. The van der Waals surface area contributed by atoms with Gasteiger partial charge in [0.25, 0.3) is 0 Å². The third-order valence-corrected chi connectivity index (χ3v) is 6.02. The van der Waals surface area contributed by atoms with Gasteiger partial charge in [0.2, 0.25) is 17.7 Å². The molecule has 0 bridgehead atoms. The molecule has 0 aromatic heterocycles. The van der Waals surface area contributed by atoms with Crippen LogP contribution >= 0.6 is 0 Å². The van der Waals surface area contributed by atoms with Gasteiger partial charge in [-0.05, 0) is 43.6 Å². The number of hydrogen-bond acceptors (Lipinski definition) is 3. The topological polar surface area (TPSA) is 83.7 Å². The third kappa shape index (κ3) is 4.87. The van der Waals surface area contributed by atoms with Crippen LogP contribution in [0.15, 0.2) is 24.3 Å². The van der Waals surface area contributed by atoms with Crippen LogP contribution in [-0.2, 0) is 20.8 Å². The average Bonchev–Trinajstić information content (AvgIpc) is 2.64. The van der Waals surface area contributed by atoms with E-state index in [0.29, 0.717) is 19.4 Å². The molecule has 0 radical (unpaired) electrons. The number of hydrogen-bond donors (Lipinski definition) is 1. The maximum absolute atomic E-state index is 12.6. The van der Waals surface area contributed by atoms with E-state index >= 15 is 0 Å². The van der Waals surface area contributed by atoms with E-state index in [1.165, 1.54) is 11.1 Å². The van der Waals surface area contributed by atoms with Gasteiger partial charge in [0.1, 0.15) is 0 Å². The van der Waals surface area contributed by atoms with Gasteiger partial charge in [-0.15, -0.1) is 0 Å². The first-order chi connectivity index (χ1) is 12.9. The molecule has 2 aliphatic heterocycles. The van der Waals surface area contributed by atoms with E-state index in [2.05, 4.69) is 31.2 Å². The molecule has 0 aliphatic carbocycles. The predicted molar refractivity (Wildman–Crippen MR) is 103 cm³/mol. The van der Waals surface area contributed by atoms with Crippen molar-refractivity contribution in [1.29, 1.82) is 0 Å². The number of nitrogens with two attached hydrogens (primary N) is 1. The first-order valence-corrected chi connectivity index (χ1v) is 9.76. The highest BCUT2D eigenvalue weighted by Crippen LogP contribution is 2.40. The number of carbonyl (C=O) groups is 3. The quantitative estimate of drug-likeness (QED) is 0.854. The monoisotopic (exact) mass is 371 g/mol. The van der Waals surface area contributed by atoms with Crippen LogP contribution in [0.3, 0.4) is 0 Å². The molecule has 0 saturated carbocycles. The van der Waals surface area contributed by atoms with E-state index in [9.17, 15) is 14.4 Å². The molecule has 6 nitrogen and oxygen atoms in total. The van der Waals surface area contributed by atoms with Gasteiger partial charge in [-0.2, -0.15) is 0 Å². The Labute approximate surface area is 160 Å². The second-order valence-corrected chi connectivity index (χ2v) is 8.08. The molecule has 3 rings (SSSR count). The Kier molecular flexibility index (Phi) is 5.82. The van der Waals surface area contributed by atoms with Gasteiger partial charge < -0.3 is 15.5 Å². The SMILES string of the molecule is Cc1ccc(CCC(=O)N2CCC3(CCC(=O)N(CC(N)=O)C3)CC2)cc1. The molecule has 1 spiro atoms. The lowest BCUT2D eigenvalue weighted by Gasteiger charge is -2.47. The molecule has 2 heterocycles. The van der Waals surface area contributed by atoms with Crippen molar-refractivity contribution < 1.29 is 14.4 Å². The number of primary amides is 1. The molecular weight excluding hydrogens is 342 g/mol. The van der Waals surface area contributed by atoms with E-state index in [4.69, 9.17) is 5.73 Å². The molecule has 2 fully saturated rings. The van der Waals surface area contributed by atoms with Gasteiger partial charge >= 0.3 is 0 Å². The van der Waals surface area contributed by atoms with Crippen molar-refractivity contribution in [2.45, 2.75) is 45.4 Å². The number of nitrogens with zero attached hydrogens (tertiary/aromatic N) is 2. The smallest absolute Gasteiger partial charge is 0.237 e. The minimum absolute atomic E-state index is 0.000220. The fraction of sp³-hybridized carbons (Fsp3) is 0.571. The molecule has 146 valence electrons. The number of piperidine rings is 2. The van der Waals surface area contributed by atoms with Gasteiger partial charge in [0, 0.05) is 32.5 Å². The van der Waals surface area contributed by atoms with Gasteiger partial charge in [-0.25, -0.2) is 0 Å². The number of aryl methyl sites for hydroxylation is 2. The summed E-state index contributed by atoms with van der Waals surface area (Å²) in [5.41, 5.74) is 7.71. The van der Waals surface area contributed by atoms with Crippen LogP contribution in [0.2, 0.25) is 0 Å². The number of amides is 3. The maximum Gasteiger partial charge on any atom is 0.237 e. The zero-order valence-electron chi connectivity index (χ0n) is 16.1. The van der Waals surface area contributed by atoms with Gasteiger partial charge in [0.05, 0.1) is 6.54 Å². The Balaban J connectivity index is 1.50. The summed E-state index contributed by atoms with van der Waals surface area (Å²) < 4.78 is 0. The number of carbonyl (C=O) groups excluding carboxylic acids is 3. The van der Waals surface area contributed by atoms with Crippen LogP contribution in [-0.4, -0.2) is 53.7 Å². The lowest BCUT2D eigenvalue weighted by Crippen LogP contribution is -2.53. The lowest BCUT2D eigenvalue weighted by atomic mass is 9.72. The van der Waals surface area contributed by atoms with Crippen molar-refractivity contribution in [3.05, 3.63) is 35.4 Å². The zero-order valence-corrected chi connectivity index (χ0v) is 16.1. The Morgan fingerprint density at radius 2 is 1.78 bits per heavy atom. The largest absolute Gasteiger partial charge is 0.368 e. The lowest BCUT2D eigenvalue weighted by molar-refractivity contribution is -0.144. The molecule has 6 heteroatoms. The van der Waals surface area contributed by atoms with Crippen LogP contribution in [0.5, 0.6) is 0 Å². The fourth-order valence-electron chi connectivity index (χ4n) is 4.24. The Morgan fingerprint density at radius 1 is 1.11 bits per heavy atom. The van der Waals surface area contributed by atoms with E-state index in [-0.39, 0.29) is 23.8 Å². The Hall–Kier alpha value is -2.37.